The van der Waals surface area contributed by atoms with Crippen molar-refractivity contribution in [2.24, 2.45) is 5.92 Å². The number of hydrogen-bond acceptors (Lipinski definition) is 3. The summed E-state index contributed by atoms with van der Waals surface area (Å²) in [5.41, 5.74) is 2.33. The summed E-state index contributed by atoms with van der Waals surface area (Å²) in [6, 6.07) is 15.6. The van der Waals surface area contributed by atoms with E-state index in [1.807, 2.05) is 19.1 Å². The zero-order valence-corrected chi connectivity index (χ0v) is 17.6. The molecule has 0 unspecified atom stereocenters. The molecule has 3 rings (SSSR count). The van der Waals surface area contributed by atoms with Crippen LogP contribution in [0.3, 0.4) is 0 Å². The number of anilines is 1. The van der Waals surface area contributed by atoms with Gasteiger partial charge in [-0.3, -0.25) is 4.79 Å². The number of ether oxygens (including phenoxy) is 1. The lowest BCUT2D eigenvalue weighted by atomic mass is 9.99. The Morgan fingerprint density at radius 1 is 1.18 bits per heavy atom. The number of carbonyl (C=O) groups is 1. The van der Waals surface area contributed by atoms with Gasteiger partial charge in [-0.1, -0.05) is 42.8 Å². The molecule has 0 radical (unpaired) electrons. The topological polar surface area (TPSA) is 41.6 Å². The fourth-order valence-corrected chi connectivity index (χ4v) is 3.78. The predicted octanol–water partition coefficient (Wildman–Crippen LogP) is 5.22. The van der Waals surface area contributed by atoms with E-state index in [1.165, 1.54) is 18.5 Å². The highest BCUT2D eigenvalue weighted by Crippen LogP contribution is 2.26. The second kappa shape index (κ2) is 9.33. The van der Waals surface area contributed by atoms with Crippen molar-refractivity contribution in [3.8, 4) is 5.75 Å². The number of hydrogen-bond donors (Lipinski definition) is 1. The molecule has 28 heavy (non-hydrogen) atoms. The summed E-state index contributed by atoms with van der Waals surface area (Å²) in [5, 5.41) is 3.52. The van der Waals surface area contributed by atoms with Crippen molar-refractivity contribution in [2.45, 2.75) is 45.8 Å². The maximum atomic E-state index is 12.5. The van der Waals surface area contributed by atoms with E-state index in [4.69, 9.17) is 16.3 Å². The van der Waals surface area contributed by atoms with Crippen LogP contribution in [0.1, 0.15) is 45.2 Å². The second-order valence-electron chi connectivity index (χ2n) is 7.71. The molecule has 0 saturated carbocycles. The molecule has 1 amide bonds. The lowest BCUT2D eigenvalue weighted by Crippen LogP contribution is -2.37. The van der Waals surface area contributed by atoms with Gasteiger partial charge < -0.3 is 15.0 Å². The first-order chi connectivity index (χ1) is 13.4. The number of nitrogens with zero attached hydrogens (tertiary/aromatic N) is 1. The van der Waals surface area contributed by atoms with Crippen molar-refractivity contribution in [3.63, 3.8) is 0 Å². The molecule has 1 aliphatic rings. The van der Waals surface area contributed by atoms with Crippen LogP contribution in [0.2, 0.25) is 5.02 Å². The average molecular weight is 401 g/mol. The molecule has 4 nitrogen and oxygen atoms in total. The Bertz CT molecular complexity index is 793. The van der Waals surface area contributed by atoms with Crippen molar-refractivity contribution in [1.29, 1.82) is 0 Å². The Morgan fingerprint density at radius 3 is 2.57 bits per heavy atom. The molecule has 0 aromatic heterocycles. The van der Waals surface area contributed by atoms with Crippen molar-refractivity contribution in [3.05, 3.63) is 59.1 Å². The summed E-state index contributed by atoms with van der Waals surface area (Å²) in [5.74, 6) is 1.09. The Balaban J connectivity index is 1.57. The summed E-state index contributed by atoms with van der Waals surface area (Å²) in [6.45, 7) is 8.25. The molecule has 0 aliphatic carbocycles. The van der Waals surface area contributed by atoms with Crippen LogP contribution in [0.4, 0.5) is 5.69 Å². The first kappa shape index (κ1) is 20.5. The van der Waals surface area contributed by atoms with Gasteiger partial charge >= 0.3 is 0 Å². The summed E-state index contributed by atoms with van der Waals surface area (Å²) >= 11 is 6.10. The standard InChI is InChI=1S/C23H29ClN2O2/c1-16-7-6-14-26(15-16)20-12-10-19(11-13-20)17(2)25-23(27)18(3)28-22-9-5-4-8-21(22)24/h4-5,8-13,16-18H,6-7,14-15H2,1-3H3,(H,25,27)/t16-,17-,18-/m1/s1. The van der Waals surface area contributed by atoms with Crippen LogP contribution in [-0.2, 0) is 4.79 Å². The Kier molecular flexibility index (Phi) is 6.84. The maximum Gasteiger partial charge on any atom is 0.261 e. The molecule has 0 bridgehead atoms. The fourth-order valence-electron chi connectivity index (χ4n) is 3.60. The molecule has 150 valence electrons. The number of rotatable bonds is 6. The third-order valence-corrected chi connectivity index (χ3v) is 5.60. The van der Waals surface area contributed by atoms with Gasteiger partial charge in [0.15, 0.2) is 6.10 Å². The number of halogens is 1. The molecule has 1 heterocycles. The molecule has 5 heteroatoms. The third-order valence-electron chi connectivity index (χ3n) is 5.28. The minimum absolute atomic E-state index is 0.0980. The van der Waals surface area contributed by atoms with E-state index in [0.717, 1.165) is 24.6 Å². The average Bonchev–Trinajstić information content (AvgIpc) is 2.69. The Labute approximate surface area is 172 Å². The molecule has 1 N–H and O–H groups in total. The lowest BCUT2D eigenvalue weighted by Gasteiger charge is -2.33. The van der Waals surface area contributed by atoms with Crippen LogP contribution in [0, 0.1) is 5.92 Å². The highest BCUT2D eigenvalue weighted by Gasteiger charge is 2.20. The summed E-state index contributed by atoms with van der Waals surface area (Å²) < 4.78 is 5.70. The minimum Gasteiger partial charge on any atom is -0.479 e. The molecule has 0 spiro atoms. The molecular formula is C23H29ClN2O2. The van der Waals surface area contributed by atoms with E-state index in [9.17, 15) is 4.79 Å². The van der Waals surface area contributed by atoms with Crippen LogP contribution in [-0.4, -0.2) is 25.1 Å². The van der Waals surface area contributed by atoms with Crippen molar-refractivity contribution < 1.29 is 9.53 Å². The minimum atomic E-state index is -0.628. The monoisotopic (exact) mass is 400 g/mol. The van der Waals surface area contributed by atoms with E-state index in [-0.39, 0.29) is 11.9 Å². The van der Waals surface area contributed by atoms with Gasteiger partial charge in [0.2, 0.25) is 0 Å². The largest absolute Gasteiger partial charge is 0.479 e. The third kappa shape index (κ3) is 5.20. The first-order valence-electron chi connectivity index (χ1n) is 10.0. The van der Waals surface area contributed by atoms with Gasteiger partial charge in [0, 0.05) is 18.8 Å². The highest BCUT2D eigenvalue weighted by atomic mass is 35.5. The molecule has 3 atom stereocenters. The summed E-state index contributed by atoms with van der Waals surface area (Å²) in [4.78, 5) is 15.0. The Hall–Kier alpha value is -2.20. The highest BCUT2D eigenvalue weighted by molar-refractivity contribution is 6.32. The van der Waals surface area contributed by atoms with Gasteiger partial charge in [0.1, 0.15) is 5.75 Å². The number of nitrogens with one attached hydrogen (secondary N) is 1. The van der Waals surface area contributed by atoms with E-state index in [0.29, 0.717) is 10.8 Å². The normalized spacial score (nSPS) is 19.0. The number of para-hydroxylation sites is 1. The molecule has 2 aromatic rings. The molecule has 1 fully saturated rings. The fraction of sp³-hybridized carbons (Fsp3) is 0.435. The number of piperidine rings is 1. The van der Waals surface area contributed by atoms with Crippen LogP contribution >= 0.6 is 11.6 Å². The van der Waals surface area contributed by atoms with E-state index >= 15 is 0 Å². The SMILES string of the molecule is C[C@@H]1CCCN(c2ccc([C@@H](C)NC(=O)[C@@H](C)Oc3ccccc3Cl)cc2)C1. The summed E-state index contributed by atoms with van der Waals surface area (Å²) in [7, 11) is 0. The first-order valence-corrected chi connectivity index (χ1v) is 10.4. The molecule has 1 aliphatic heterocycles. The molecule has 2 aromatic carbocycles. The van der Waals surface area contributed by atoms with E-state index in [2.05, 4.69) is 41.4 Å². The molecule has 1 saturated heterocycles. The number of benzene rings is 2. The van der Waals surface area contributed by atoms with Gasteiger partial charge in [-0.15, -0.1) is 0 Å². The molecular weight excluding hydrogens is 372 g/mol. The van der Waals surface area contributed by atoms with Gasteiger partial charge in [0.05, 0.1) is 11.1 Å². The zero-order chi connectivity index (χ0) is 20.1. The van der Waals surface area contributed by atoms with Gasteiger partial charge in [-0.05, 0) is 62.4 Å². The van der Waals surface area contributed by atoms with E-state index in [1.54, 1.807) is 19.1 Å². The zero-order valence-electron chi connectivity index (χ0n) is 16.8. The number of carbonyl (C=O) groups excluding carboxylic acids is 1. The maximum absolute atomic E-state index is 12.5. The van der Waals surface area contributed by atoms with Gasteiger partial charge in [0.25, 0.3) is 5.91 Å². The van der Waals surface area contributed by atoms with Crippen LogP contribution in [0.15, 0.2) is 48.5 Å². The van der Waals surface area contributed by atoms with Crippen LogP contribution in [0.25, 0.3) is 0 Å². The van der Waals surface area contributed by atoms with Gasteiger partial charge in [-0.2, -0.15) is 0 Å². The second-order valence-corrected chi connectivity index (χ2v) is 8.11. The lowest BCUT2D eigenvalue weighted by molar-refractivity contribution is -0.127. The van der Waals surface area contributed by atoms with Crippen molar-refractivity contribution >= 4 is 23.2 Å². The Morgan fingerprint density at radius 2 is 1.89 bits per heavy atom. The van der Waals surface area contributed by atoms with Crippen molar-refractivity contribution in [2.75, 3.05) is 18.0 Å². The predicted molar refractivity (Wildman–Crippen MR) is 115 cm³/mol. The van der Waals surface area contributed by atoms with E-state index < -0.39 is 6.10 Å². The van der Waals surface area contributed by atoms with Crippen LogP contribution in [0.5, 0.6) is 5.75 Å². The van der Waals surface area contributed by atoms with Gasteiger partial charge in [-0.25, -0.2) is 0 Å². The quantitative estimate of drug-likeness (QED) is 0.722. The van der Waals surface area contributed by atoms with Crippen molar-refractivity contribution in [1.82, 2.24) is 5.32 Å². The number of amides is 1. The van der Waals surface area contributed by atoms with Crippen LogP contribution < -0.4 is 15.0 Å². The smallest absolute Gasteiger partial charge is 0.261 e. The summed E-state index contributed by atoms with van der Waals surface area (Å²) in [6.07, 6.45) is 1.93.